The van der Waals surface area contributed by atoms with Crippen LogP contribution in [0.15, 0.2) is 72.9 Å². The van der Waals surface area contributed by atoms with E-state index in [1.165, 1.54) is 199 Å². The van der Waals surface area contributed by atoms with Crippen LogP contribution in [0.1, 0.15) is 342 Å². The lowest BCUT2D eigenvalue weighted by Crippen LogP contribution is -2.30. The molecule has 0 rings (SSSR count). The number of carbonyl (C=O) groups excluding carboxylic acids is 3. The van der Waals surface area contributed by atoms with E-state index in [9.17, 15) is 14.4 Å². The Kier molecular flexibility index (Phi) is 62.7. The van der Waals surface area contributed by atoms with Crippen LogP contribution in [0.25, 0.3) is 0 Å². The fourth-order valence-electron chi connectivity index (χ4n) is 9.70. The van der Waals surface area contributed by atoms with Gasteiger partial charge >= 0.3 is 17.9 Å². The number of carbonyl (C=O) groups is 3. The van der Waals surface area contributed by atoms with Gasteiger partial charge in [0.15, 0.2) is 6.10 Å². The van der Waals surface area contributed by atoms with Crippen LogP contribution in [0.5, 0.6) is 0 Å². The molecule has 0 fully saturated rings. The summed E-state index contributed by atoms with van der Waals surface area (Å²) in [7, 11) is 0. The van der Waals surface area contributed by atoms with Gasteiger partial charge in [-0.2, -0.15) is 0 Å². The lowest BCUT2D eigenvalue weighted by molar-refractivity contribution is -0.167. The van der Waals surface area contributed by atoms with Crippen LogP contribution in [-0.2, 0) is 28.6 Å². The second kappa shape index (κ2) is 65.4. The molecule has 446 valence electrons. The van der Waals surface area contributed by atoms with Crippen molar-refractivity contribution in [3.63, 3.8) is 0 Å². The summed E-state index contributed by atoms with van der Waals surface area (Å²) in [5.74, 6) is -0.878. The fourth-order valence-corrected chi connectivity index (χ4v) is 9.70. The van der Waals surface area contributed by atoms with Gasteiger partial charge in [-0.1, -0.05) is 306 Å². The topological polar surface area (TPSA) is 78.9 Å². The fraction of sp³-hybridized carbons (Fsp3) is 0.789. The lowest BCUT2D eigenvalue weighted by Gasteiger charge is -2.18. The van der Waals surface area contributed by atoms with Crippen LogP contribution in [-0.4, -0.2) is 37.2 Å². The first-order valence-corrected chi connectivity index (χ1v) is 33.4. The minimum absolute atomic E-state index is 0.0774. The number of hydrogen-bond donors (Lipinski definition) is 0. The number of allylic oxidation sites excluding steroid dienone is 12. The largest absolute Gasteiger partial charge is 0.462 e. The molecule has 0 N–H and O–H groups in total. The van der Waals surface area contributed by atoms with Gasteiger partial charge in [-0.05, 0) is 89.9 Å². The van der Waals surface area contributed by atoms with Gasteiger partial charge in [-0.25, -0.2) is 0 Å². The van der Waals surface area contributed by atoms with Gasteiger partial charge in [0.1, 0.15) is 13.2 Å². The van der Waals surface area contributed by atoms with Gasteiger partial charge in [0.25, 0.3) is 0 Å². The molecule has 77 heavy (non-hydrogen) atoms. The van der Waals surface area contributed by atoms with Gasteiger partial charge in [0.05, 0.1) is 0 Å². The summed E-state index contributed by atoms with van der Waals surface area (Å²) < 4.78 is 16.9. The number of rotatable bonds is 61. The molecule has 0 aliphatic heterocycles. The molecule has 6 heteroatoms. The number of unbranched alkanes of at least 4 members (excludes halogenated alkanes) is 38. The highest BCUT2D eigenvalue weighted by Crippen LogP contribution is 2.17. The SMILES string of the molecule is CC/C=C\C/C=C\C/C=C\C/C=C\CCCCCCCCC(=O)OC(COC(=O)CCCCCCCCCCC)COC(=O)CCCCCCCCCCCCCCCCCCCCC/C=C\C/C=C\CCCCCCC. The van der Waals surface area contributed by atoms with Crippen molar-refractivity contribution < 1.29 is 28.6 Å². The third-order valence-corrected chi connectivity index (χ3v) is 14.7. The Hall–Kier alpha value is -3.15. The van der Waals surface area contributed by atoms with Crippen molar-refractivity contribution in [2.75, 3.05) is 13.2 Å². The zero-order valence-electron chi connectivity index (χ0n) is 51.2. The maximum Gasteiger partial charge on any atom is 0.306 e. The number of ether oxygens (including phenoxy) is 3. The summed E-state index contributed by atoms with van der Waals surface area (Å²) in [4.78, 5) is 38.2. The minimum Gasteiger partial charge on any atom is -0.462 e. The van der Waals surface area contributed by atoms with E-state index in [0.717, 1.165) is 103 Å². The van der Waals surface area contributed by atoms with Crippen LogP contribution >= 0.6 is 0 Å². The van der Waals surface area contributed by atoms with Gasteiger partial charge in [0, 0.05) is 19.3 Å². The molecule has 0 radical (unpaired) electrons. The lowest BCUT2D eigenvalue weighted by atomic mass is 10.0. The zero-order valence-corrected chi connectivity index (χ0v) is 51.2. The maximum atomic E-state index is 12.9. The second-order valence-corrected chi connectivity index (χ2v) is 22.4. The Balaban J connectivity index is 4.11. The summed E-state index contributed by atoms with van der Waals surface area (Å²) in [5, 5.41) is 0. The molecular weight excluding hydrogens is 949 g/mol. The van der Waals surface area contributed by atoms with Crippen molar-refractivity contribution in [3.8, 4) is 0 Å². The van der Waals surface area contributed by atoms with Crippen LogP contribution in [0.2, 0.25) is 0 Å². The average Bonchev–Trinajstić information content (AvgIpc) is 3.43. The van der Waals surface area contributed by atoms with Crippen molar-refractivity contribution in [1.82, 2.24) is 0 Å². The van der Waals surface area contributed by atoms with Crippen LogP contribution in [0.3, 0.4) is 0 Å². The number of esters is 3. The molecule has 1 atom stereocenters. The monoisotopic (exact) mass is 1070 g/mol. The molecule has 1 unspecified atom stereocenters. The average molecular weight is 1080 g/mol. The summed E-state index contributed by atoms with van der Waals surface area (Å²) in [6, 6.07) is 0. The highest BCUT2D eigenvalue weighted by molar-refractivity contribution is 5.71. The molecule has 0 aliphatic carbocycles. The molecular formula is C71H126O6. The second-order valence-electron chi connectivity index (χ2n) is 22.4. The smallest absolute Gasteiger partial charge is 0.306 e. The quantitative estimate of drug-likeness (QED) is 0.0261. The zero-order chi connectivity index (χ0) is 55.7. The van der Waals surface area contributed by atoms with Gasteiger partial charge in [0.2, 0.25) is 0 Å². The molecule has 0 spiro atoms. The first-order chi connectivity index (χ1) is 38.0. The number of hydrogen-bond acceptors (Lipinski definition) is 6. The Bertz CT molecular complexity index is 1420. The third-order valence-electron chi connectivity index (χ3n) is 14.7. The highest BCUT2D eigenvalue weighted by atomic mass is 16.6. The Morgan fingerprint density at radius 2 is 0.506 bits per heavy atom. The molecule has 0 bridgehead atoms. The Labute approximate surface area is 478 Å². The van der Waals surface area contributed by atoms with Crippen molar-refractivity contribution in [2.45, 2.75) is 348 Å². The predicted octanol–water partition coefficient (Wildman–Crippen LogP) is 22.9. The summed E-state index contributed by atoms with van der Waals surface area (Å²) in [6.45, 7) is 6.52. The molecule has 0 aliphatic rings. The van der Waals surface area contributed by atoms with Crippen molar-refractivity contribution in [2.24, 2.45) is 0 Å². The van der Waals surface area contributed by atoms with Crippen LogP contribution in [0.4, 0.5) is 0 Å². The summed E-state index contributed by atoms with van der Waals surface area (Å²) in [6.07, 6.45) is 85.1. The molecule has 0 aromatic heterocycles. The highest BCUT2D eigenvalue weighted by Gasteiger charge is 2.19. The Morgan fingerprint density at radius 1 is 0.273 bits per heavy atom. The van der Waals surface area contributed by atoms with E-state index in [1.807, 2.05) is 0 Å². The van der Waals surface area contributed by atoms with E-state index in [0.29, 0.717) is 19.3 Å². The van der Waals surface area contributed by atoms with E-state index in [2.05, 4.69) is 93.7 Å². The van der Waals surface area contributed by atoms with Crippen LogP contribution < -0.4 is 0 Å². The summed E-state index contributed by atoms with van der Waals surface area (Å²) in [5.41, 5.74) is 0. The molecule has 0 saturated heterocycles. The van der Waals surface area contributed by atoms with Gasteiger partial charge in [-0.3, -0.25) is 14.4 Å². The van der Waals surface area contributed by atoms with E-state index >= 15 is 0 Å². The standard InChI is InChI=1S/C71H126O6/c1-4-7-10-13-16-19-21-23-25-27-29-30-31-32-33-34-35-36-37-38-39-40-42-43-45-47-49-52-55-58-61-64-70(73)76-67-68(66-75-69(72)63-60-57-54-51-18-15-12-9-6-3)77-71(74)65-62-59-56-53-50-48-46-44-41-28-26-24-22-20-17-14-11-8-5-2/h8,11,17,20-21,23-24,26-27,29,41,44,68H,4-7,9-10,12-16,18-19,22,25,28,30-40,42-43,45-67H2,1-3H3/b11-8-,20-17-,23-21-,26-24-,29-27-,44-41-. The molecule has 0 saturated carbocycles. The van der Waals surface area contributed by atoms with Gasteiger partial charge < -0.3 is 14.2 Å². The predicted molar refractivity (Wildman–Crippen MR) is 335 cm³/mol. The minimum atomic E-state index is -0.780. The van der Waals surface area contributed by atoms with E-state index < -0.39 is 6.10 Å². The molecule has 0 aromatic carbocycles. The molecule has 0 heterocycles. The summed E-state index contributed by atoms with van der Waals surface area (Å²) >= 11 is 0. The maximum absolute atomic E-state index is 12.9. The first kappa shape index (κ1) is 73.8. The van der Waals surface area contributed by atoms with Crippen molar-refractivity contribution >= 4 is 17.9 Å². The van der Waals surface area contributed by atoms with E-state index in [4.69, 9.17) is 14.2 Å². The van der Waals surface area contributed by atoms with E-state index in [1.54, 1.807) is 0 Å². The van der Waals surface area contributed by atoms with Crippen molar-refractivity contribution in [3.05, 3.63) is 72.9 Å². The van der Waals surface area contributed by atoms with E-state index in [-0.39, 0.29) is 31.1 Å². The molecule has 6 nitrogen and oxygen atoms in total. The third kappa shape index (κ3) is 63.6. The van der Waals surface area contributed by atoms with Gasteiger partial charge in [-0.15, -0.1) is 0 Å². The Morgan fingerprint density at radius 3 is 0.792 bits per heavy atom. The molecule has 0 aromatic rings. The molecule has 0 amide bonds. The first-order valence-electron chi connectivity index (χ1n) is 33.4. The van der Waals surface area contributed by atoms with Crippen LogP contribution in [0, 0.1) is 0 Å². The normalized spacial score (nSPS) is 12.5. The van der Waals surface area contributed by atoms with Crippen molar-refractivity contribution in [1.29, 1.82) is 0 Å².